The average Bonchev–Trinajstić information content (AvgIpc) is 3.07. The Hall–Kier alpha value is -2.08. The van der Waals surface area contributed by atoms with Gasteiger partial charge >= 0.3 is 6.09 Å². The molecule has 1 N–H and O–H groups in total. The van der Waals surface area contributed by atoms with Crippen molar-refractivity contribution in [3.8, 4) is 0 Å². The molecule has 2 amide bonds. The zero-order valence-corrected chi connectivity index (χ0v) is 15.1. The van der Waals surface area contributed by atoms with Gasteiger partial charge in [-0.2, -0.15) is 0 Å². The molecule has 1 aromatic carbocycles. The highest BCUT2D eigenvalue weighted by Crippen LogP contribution is 2.32. The number of carbonyl (C=O) groups excluding carboxylic acids is 2. The number of rotatable bonds is 4. The van der Waals surface area contributed by atoms with Crippen LogP contribution in [0.3, 0.4) is 0 Å². The number of aliphatic hydroxyl groups is 1. The first-order valence-corrected chi connectivity index (χ1v) is 8.72. The summed E-state index contributed by atoms with van der Waals surface area (Å²) in [5, 5.41) is 9.80. The van der Waals surface area contributed by atoms with E-state index in [1.807, 2.05) is 24.3 Å². The summed E-state index contributed by atoms with van der Waals surface area (Å²) in [6.45, 7) is 5.16. The fourth-order valence-electron chi connectivity index (χ4n) is 3.47. The Morgan fingerprint density at radius 3 is 2.52 bits per heavy atom. The number of nitrogens with zero attached hydrogens (tertiary/aromatic N) is 2. The molecule has 136 valence electrons. The van der Waals surface area contributed by atoms with Crippen LogP contribution in [0.1, 0.15) is 42.6 Å². The van der Waals surface area contributed by atoms with Gasteiger partial charge in [0, 0.05) is 25.6 Å². The molecule has 6 nitrogen and oxygen atoms in total. The van der Waals surface area contributed by atoms with Crippen molar-refractivity contribution in [1.82, 2.24) is 9.80 Å². The van der Waals surface area contributed by atoms with Gasteiger partial charge in [-0.05, 0) is 44.4 Å². The minimum absolute atomic E-state index is 0.0310. The van der Waals surface area contributed by atoms with Crippen LogP contribution in [0.5, 0.6) is 0 Å². The Balaban J connectivity index is 1.61. The van der Waals surface area contributed by atoms with Gasteiger partial charge < -0.3 is 19.6 Å². The minimum atomic E-state index is -0.690. The Morgan fingerprint density at radius 2 is 1.96 bits per heavy atom. The Morgan fingerprint density at radius 1 is 1.28 bits per heavy atom. The summed E-state index contributed by atoms with van der Waals surface area (Å²) in [7, 11) is 1.72. The van der Waals surface area contributed by atoms with E-state index in [1.165, 1.54) is 0 Å². The summed E-state index contributed by atoms with van der Waals surface area (Å²) in [6, 6.07) is 7.54. The number of hydrogen-bond donors (Lipinski definition) is 1. The number of likely N-dealkylation sites (tertiary alicyclic amines) is 1. The third kappa shape index (κ3) is 3.95. The molecule has 0 unspecified atom stereocenters. The predicted molar refractivity (Wildman–Crippen MR) is 93.4 cm³/mol. The van der Waals surface area contributed by atoms with Gasteiger partial charge in [-0.25, -0.2) is 4.79 Å². The lowest BCUT2D eigenvalue weighted by molar-refractivity contribution is 0.0553. The summed E-state index contributed by atoms with van der Waals surface area (Å²) in [5.41, 5.74) is 0.503. The summed E-state index contributed by atoms with van der Waals surface area (Å²) >= 11 is 0. The molecule has 0 aliphatic carbocycles. The van der Waals surface area contributed by atoms with E-state index >= 15 is 0 Å². The summed E-state index contributed by atoms with van der Waals surface area (Å²) < 4.78 is 5.49. The molecule has 0 saturated carbocycles. The van der Waals surface area contributed by atoms with Crippen molar-refractivity contribution >= 4 is 12.0 Å². The lowest BCUT2D eigenvalue weighted by Crippen LogP contribution is -2.39. The third-order valence-corrected chi connectivity index (χ3v) is 4.97. The summed E-state index contributed by atoms with van der Waals surface area (Å²) in [5.74, 6) is -0.0310. The molecule has 2 aliphatic heterocycles. The van der Waals surface area contributed by atoms with Crippen molar-refractivity contribution in [1.29, 1.82) is 0 Å². The van der Waals surface area contributed by atoms with Crippen molar-refractivity contribution in [2.75, 3.05) is 26.7 Å². The highest BCUT2D eigenvalue weighted by Gasteiger charge is 2.49. The Kier molecular flexibility index (Phi) is 4.49. The van der Waals surface area contributed by atoms with Crippen molar-refractivity contribution in [3.05, 3.63) is 35.4 Å². The van der Waals surface area contributed by atoms with Crippen LogP contribution in [-0.4, -0.2) is 64.8 Å². The van der Waals surface area contributed by atoms with Crippen molar-refractivity contribution in [2.45, 2.75) is 44.3 Å². The molecule has 2 heterocycles. The topological polar surface area (TPSA) is 70.1 Å². The molecule has 2 fully saturated rings. The van der Waals surface area contributed by atoms with Gasteiger partial charge in [-0.1, -0.05) is 12.1 Å². The second-order valence-electron chi connectivity index (χ2n) is 7.89. The fourth-order valence-corrected chi connectivity index (χ4v) is 3.47. The summed E-state index contributed by atoms with van der Waals surface area (Å²) in [6.07, 6.45) is 1.81. The number of carbonyl (C=O) groups is 2. The van der Waals surface area contributed by atoms with Crippen LogP contribution in [-0.2, 0) is 11.2 Å². The first-order valence-electron chi connectivity index (χ1n) is 8.72. The number of benzene rings is 1. The summed E-state index contributed by atoms with van der Waals surface area (Å²) in [4.78, 5) is 27.7. The largest absolute Gasteiger partial charge is 0.439 e. The number of aryl methyl sites for hydroxylation is 1. The van der Waals surface area contributed by atoms with Crippen LogP contribution in [0.4, 0.5) is 4.79 Å². The highest BCUT2D eigenvalue weighted by atomic mass is 16.6. The standard InChI is InChI=1S/C19H26N2O4/c1-18(2,24)9-8-14-4-6-15(7-5-14)16(22)21-11-10-19(13-21)12-20(3)17(23)25-19/h4-7,24H,8-13H2,1-3H3/t19-/m0/s1. The van der Waals surface area contributed by atoms with Crippen LogP contribution < -0.4 is 0 Å². The third-order valence-electron chi connectivity index (χ3n) is 4.97. The second-order valence-corrected chi connectivity index (χ2v) is 7.89. The molecule has 6 heteroatoms. The lowest BCUT2D eigenvalue weighted by atomic mass is 9.98. The molecule has 1 atom stereocenters. The molecule has 25 heavy (non-hydrogen) atoms. The highest BCUT2D eigenvalue weighted by molar-refractivity contribution is 5.94. The van der Waals surface area contributed by atoms with Gasteiger partial charge in [0.1, 0.15) is 0 Å². The smallest absolute Gasteiger partial charge is 0.410 e. The molecule has 0 radical (unpaired) electrons. The molecular weight excluding hydrogens is 320 g/mol. The number of likely N-dealkylation sites (N-methyl/N-ethyl adjacent to an activating group) is 1. The van der Waals surface area contributed by atoms with E-state index in [1.54, 1.807) is 30.7 Å². The van der Waals surface area contributed by atoms with E-state index in [-0.39, 0.29) is 12.0 Å². The van der Waals surface area contributed by atoms with Crippen molar-refractivity contribution in [3.63, 3.8) is 0 Å². The van der Waals surface area contributed by atoms with E-state index in [2.05, 4.69) is 0 Å². The maximum atomic E-state index is 12.7. The predicted octanol–water partition coefficient (Wildman–Crippen LogP) is 2.06. The molecule has 1 spiro atoms. The van der Waals surface area contributed by atoms with Crippen LogP contribution >= 0.6 is 0 Å². The number of amides is 2. The van der Waals surface area contributed by atoms with Gasteiger partial charge in [-0.3, -0.25) is 4.79 Å². The van der Waals surface area contributed by atoms with Gasteiger partial charge in [0.15, 0.2) is 5.60 Å². The molecule has 3 rings (SSSR count). The Bertz CT molecular complexity index is 665. The van der Waals surface area contributed by atoms with E-state index in [4.69, 9.17) is 4.74 Å². The fraction of sp³-hybridized carbons (Fsp3) is 0.579. The van der Waals surface area contributed by atoms with Gasteiger partial charge in [0.05, 0.1) is 18.7 Å². The van der Waals surface area contributed by atoms with Gasteiger partial charge in [0.25, 0.3) is 5.91 Å². The zero-order valence-electron chi connectivity index (χ0n) is 15.1. The monoisotopic (exact) mass is 346 g/mol. The second kappa shape index (κ2) is 6.33. The first kappa shape index (κ1) is 17.7. The quantitative estimate of drug-likeness (QED) is 0.906. The first-order chi connectivity index (χ1) is 11.7. The molecular formula is C19H26N2O4. The Labute approximate surface area is 148 Å². The van der Waals surface area contributed by atoms with Gasteiger partial charge in [-0.15, -0.1) is 0 Å². The van der Waals surface area contributed by atoms with Crippen molar-refractivity contribution in [2.24, 2.45) is 0 Å². The van der Waals surface area contributed by atoms with Crippen LogP contribution in [0, 0.1) is 0 Å². The lowest BCUT2D eigenvalue weighted by Gasteiger charge is -2.22. The average molecular weight is 346 g/mol. The molecule has 2 aliphatic rings. The minimum Gasteiger partial charge on any atom is -0.439 e. The van der Waals surface area contributed by atoms with Crippen molar-refractivity contribution < 1.29 is 19.4 Å². The zero-order chi connectivity index (χ0) is 18.2. The van der Waals surface area contributed by atoms with Crippen LogP contribution in [0.25, 0.3) is 0 Å². The normalized spacial score (nSPS) is 23.4. The molecule has 0 aromatic heterocycles. The van der Waals surface area contributed by atoms with Crippen LogP contribution in [0.2, 0.25) is 0 Å². The van der Waals surface area contributed by atoms with E-state index < -0.39 is 11.2 Å². The molecule has 1 aromatic rings. The molecule has 0 bridgehead atoms. The van der Waals surface area contributed by atoms with E-state index in [0.29, 0.717) is 38.0 Å². The van der Waals surface area contributed by atoms with E-state index in [9.17, 15) is 14.7 Å². The van der Waals surface area contributed by atoms with E-state index in [0.717, 1.165) is 12.0 Å². The van der Waals surface area contributed by atoms with Gasteiger partial charge in [0.2, 0.25) is 0 Å². The van der Waals surface area contributed by atoms with Crippen LogP contribution in [0.15, 0.2) is 24.3 Å². The number of hydrogen-bond acceptors (Lipinski definition) is 4. The number of ether oxygens (including phenoxy) is 1. The molecule has 2 saturated heterocycles. The maximum Gasteiger partial charge on any atom is 0.410 e. The maximum absolute atomic E-state index is 12.7. The SMILES string of the molecule is CN1C[C@]2(CCN(C(=O)c3ccc(CCC(C)(C)O)cc3)C2)OC1=O.